The molecule has 2 aromatic heterocycles. The summed E-state index contributed by atoms with van der Waals surface area (Å²) in [6, 6.07) is 0.258. The standard InChI is InChI=1S/C20H22ClF5N6/c1-11(20(24,25)26)29-18-16(17(21)30-19-27-10-28-32(18)19)15-13(22)8-12(9-14(15)23)6-4-5-7-31(2)3/h8-11,29H,4-7H2,1-3H3/t11-/m0/s1. The van der Waals surface area contributed by atoms with Crippen LogP contribution in [0.2, 0.25) is 5.15 Å². The number of alkyl halides is 3. The van der Waals surface area contributed by atoms with Crippen molar-refractivity contribution in [2.45, 2.75) is 38.4 Å². The maximum atomic E-state index is 15.1. The van der Waals surface area contributed by atoms with Crippen molar-refractivity contribution < 1.29 is 22.0 Å². The highest BCUT2D eigenvalue weighted by Gasteiger charge is 2.37. The van der Waals surface area contributed by atoms with E-state index in [1.54, 1.807) is 0 Å². The van der Waals surface area contributed by atoms with Gasteiger partial charge in [-0.3, -0.25) is 0 Å². The molecular weight excluding hydrogens is 455 g/mol. The van der Waals surface area contributed by atoms with Crippen LogP contribution >= 0.6 is 11.6 Å². The van der Waals surface area contributed by atoms with Gasteiger partial charge in [-0.2, -0.15) is 32.8 Å². The average Bonchev–Trinajstić information content (AvgIpc) is 3.13. The normalized spacial score (nSPS) is 13.2. The molecule has 2 heterocycles. The van der Waals surface area contributed by atoms with Crippen LogP contribution in [0.15, 0.2) is 18.5 Å². The van der Waals surface area contributed by atoms with Gasteiger partial charge >= 0.3 is 6.18 Å². The van der Waals surface area contributed by atoms with Gasteiger partial charge < -0.3 is 10.2 Å². The third-order valence-electron chi connectivity index (χ3n) is 4.90. The number of aryl methyl sites for hydroxylation is 1. The zero-order valence-corrected chi connectivity index (χ0v) is 18.4. The Bertz CT molecular complexity index is 1080. The summed E-state index contributed by atoms with van der Waals surface area (Å²) in [6.45, 7) is 1.71. The molecule has 1 atom stereocenters. The van der Waals surface area contributed by atoms with Gasteiger partial charge in [0.1, 0.15) is 35.0 Å². The molecule has 0 saturated heterocycles. The average molecular weight is 477 g/mol. The van der Waals surface area contributed by atoms with E-state index < -0.39 is 34.6 Å². The van der Waals surface area contributed by atoms with E-state index in [1.807, 2.05) is 19.0 Å². The van der Waals surface area contributed by atoms with E-state index in [4.69, 9.17) is 11.6 Å². The molecule has 1 N–H and O–H groups in total. The molecule has 0 aliphatic carbocycles. The fourth-order valence-electron chi connectivity index (χ4n) is 3.22. The summed E-state index contributed by atoms with van der Waals surface area (Å²) in [5.74, 6) is -2.40. The van der Waals surface area contributed by atoms with Crippen LogP contribution in [0.3, 0.4) is 0 Å². The van der Waals surface area contributed by atoms with Crippen LogP contribution < -0.4 is 5.32 Å². The maximum absolute atomic E-state index is 15.1. The van der Waals surface area contributed by atoms with Gasteiger partial charge in [0.15, 0.2) is 0 Å². The van der Waals surface area contributed by atoms with Crippen molar-refractivity contribution in [3.63, 3.8) is 0 Å². The molecule has 0 fully saturated rings. The molecule has 6 nitrogen and oxygen atoms in total. The summed E-state index contributed by atoms with van der Waals surface area (Å²) in [7, 11) is 3.87. The first-order valence-electron chi connectivity index (χ1n) is 9.84. The van der Waals surface area contributed by atoms with Crippen LogP contribution in [0.4, 0.5) is 27.8 Å². The number of aromatic nitrogens is 4. The summed E-state index contributed by atoms with van der Waals surface area (Å²) in [4.78, 5) is 9.73. The van der Waals surface area contributed by atoms with Crippen molar-refractivity contribution in [3.8, 4) is 11.1 Å². The van der Waals surface area contributed by atoms with Crippen molar-refractivity contribution in [1.82, 2.24) is 24.5 Å². The van der Waals surface area contributed by atoms with Gasteiger partial charge in [-0.1, -0.05) is 11.6 Å². The number of unbranched alkanes of at least 4 members (excludes halogenated alkanes) is 1. The predicted octanol–water partition coefficient (Wildman–Crippen LogP) is 4.97. The molecule has 1 aromatic carbocycles. The molecule has 3 aromatic rings. The Morgan fingerprint density at radius 2 is 1.78 bits per heavy atom. The molecule has 0 saturated carbocycles. The summed E-state index contributed by atoms with van der Waals surface area (Å²) in [5, 5.41) is 5.64. The van der Waals surface area contributed by atoms with Crippen molar-refractivity contribution in [3.05, 3.63) is 40.8 Å². The Morgan fingerprint density at radius 1 is 1.12 bits per heavy atom. The Morgan fingerprint density at radius 3 is 2.38 bits per heavy atom. The Balaban J connectivity index is 2.05. The van der Waals surface area contributed by atoms with Gasteiger partial charge in [-0.15, -0.1) is 0 Å². The zero-order chi connectivity index (χ0) is 23.6. The maximum Gasteiger partial charge on any atom is 0.408 e. The van der Waals surface area contributed by atoms with E-state index in [2.05, 4.69) is 20.4 Å². The third kappa shape index (κ3) is 5.26. The number of nitrogens with one attached hydrogen (secondary N) is 1. The van der Waals surface area contributed by atoms with Crippen LogP contribution in [-0.4, -0.2) is 57.3 Å². The van der Waals surface area contributed by atoms with Crippen molar-refractivity contribution in [2.24, 2.45) is 0 Å². The summed E-state index contributed by atoms with van der Waals surface area (Å²) in [6.07, 6.45) is -1.56. The highest BCUT2D eigenvalue weighted by atomic mass is 35.5. The number of hydrogen-bond donors (Lipinski definition) is 1. The highest BCUT2D eigenvalue weighted by molar-refractivity contribution is 6.33. The SMILES string of the molecule is C[C@H](Nc1c(-c2c(F)cc(CCCCN(C)C)cc2F)c(Cl)nc2ncnn12)C(F)(F)F. The molecule has 3 rings (SSSR count). The lowest BCUT2D eigenvalue weighted by Crippen LogP contribution is -2.34. The largest absolute Gasteiger partial charge is 0.408 e. The van der Waals surface area contributed by atoms with Crippen LogP contribution in [0.25, 0.3) is 16.9 Å². The topological polar surface area (TPSA) is 58.3 Å². The van der Waals surface area contributed by atoms with E-state index in [0.29, 0.717) is 12.0 Å². The van der Waals surface area contributed by atoms with E-state index in [0.717, 1.165) is 49.3 Å². The second-order valence-electron chi connectivity index (χ2n) is 7.70. The molecule has 12 heteroatoms. The first kappa shape index (κ1) is 24.1. The zero-order valence-electron chi connectivity index (χ0n) is 17.6. The lowest BCUT2D eigenvalue weighted by atomic mass is 10.0. The molecule has 32 heavy (non-hydrogen) atoms. The van der Waals surface area contributed by atoms with Gasteiger partial charge in [0.25, 0.3) is 5.78 Å². The molecule has 0 aliphatic rings. The number of hydrogen-bond acceptors (Lipinski definition) is 5. The minimum Gasteiger partial charge on any atom is -0.358 e. The first-order valence-corrected chi connectivity index (χ1v) is 10.2. The molecule has 174 valence electrons. The van der Waals surface area contributed by atoms with Crippen LogP contribution in [0.5, 0.6) is 0 Å². The first-order chi connectivity index (χ1) is 15.0. The number of rotatable bonds is 8. The third-order valence-corrected chi connectivity index (χ3v) is 5.17. The number of anilines is 1. The van der Waals surface area contributed by atoms with Crippen molar-refractivity contribution in [2.75, 3.05) is 26.0 Å². The van der Waals surface area contributed by atoms with Crippen molar-refractivity contribution >= 4 is 23.2 Å². The van der Waals surface area contributed by atoms with Crippen LogP contribution in [0, 0.1) is 11.6 Å². The minimum absolute atomic E-state index is 0.117. The summed E-state index contributed by atoms with van der Waals surface area (Å²) < 4.78 is 70.6. The number of halogens is 6. The van der Waals surface area contributed by atoms with E-state index >= 15 is 8.78 Å². The number of fused-ring (bicyclic) bond motifs is 1. The van der Waals surface area contributed by atoms with E-state index in [1.165, 1.54) is 0 Å². The monoisotopic (exact) mass is 476 g/mol. The van der Waals surface area contributed by atoms with Crippen LogP contribution in [0.1, 0.15) is 25.3 Å². The van der Waals surface area contributed by atoms with Gasteiger partial charge in [-0.05, 0) is 64.5 Å². The molecular formula is C20H22ClF5N6. The minimum atomic E-state index is -4.63. The lowest BCUT2D eigenvalue weighted by molar-refractivity contribution is -0.138. The van der Waals surface area contributed by atoms with Gasteiger partial charge in [0, 0.05) is 0 Å². The molecule has 0 bridgehead atoms. The van der Waals surface area contributed by atoms with Gasteiger partial charge in [0.05, 0.1) is 11.1 Å². The van der Waals surface area contributed by atoms with Gasteiger partial charge in [-0.25, -0.2) is 8.78 Å². The van der Waals surface area contributed by atoms with Crippen molar-refractivity contribution in [1.29, 1.82) is 0 Å². The second kappa shape index (κ2) is 9.53. The smallest absolute Gasteiger partial charge is 0.358 e. The van der Waals surface area contributed by atoms with Crippen LogP contribution in [-0.2, 0) is 6.42 Å². The summed E-state index contributed by atoms with van der Waals surface area (Å²) >= 11 is 6.16. The molecule has 0 radical (unpaired) electrons. The molecule has 0 aliphatic heterocycles. The second-order valence-corrected chi connectivity index (χ2v) is 8.06. The number of benzene rings is 1. The van der Waals surface area contributed by atoms with E-state index in [9.17, 15) is 13.2 Å². The highest BCUT2D eigenvalue weighted by Crippen LogP contribution is 2.39. The molecule has 0 spiro atoms. The molecule has 0 unspecified atom stereocenters. The number of nitrogens with zero attached hydrogens (tertiary/aromatic N) is 5. The Labute approximate surface area is 186 Å². The quantitative estimate of drug-likeness (QED) is 0.282. The predicted molar refractivity (Wildman–Crippen MR) is 112 cm³/mol. The molecule has 0 amide bonds. The summed E-state index contributed by atoms with van der Waals surface area (Å²) in [5.41, 5.74) is -0.518. The van der Waals surface area contributed by atoms with Gasteiger partial charge in [0.2, 0.25) is 0 Å². The Hall–Kier alpha value is -2.53. The van der Waals surface area contributed by atoms with E-state index in [-0.39, 0.29) is 17.2 Å². The Kier molecular flexibility index (Phi) is 7.19. The lowest BCUT2D eigenvalue weighted by Gasteiger charge is -2.21. The fraction of sp³-hybridized carbons (Fsp3) is 0.450. The fourth-order valence-corrected chi connectivity index (χ4v) is 3.48.